The summed E-state index contributed by atoms with van der Waals surface area (Å²) in [7, 11) is 1.57. The molecule has 0 saturated carbocycles. The molecule has 0 radical (unpaired) electrons. The van der Waals surface area contributed by atoms with Gasteiger partial charge in [-0.1, -0.05) is 19.9 Å². The number of nitrogens with zero attached hydrogens (tertiary/aromatic N) is 1. The normalized spacial score (nSPS) is 10.8. The van der Waals surface area contributed by atoms with E-state index in [9.17, 15) is 4.39 Å². The van der Waals surface area contributed by atoms with Gasteiger partial charge in [0.25, 0.3) is 0 Å². The Labute approximate surface area is 118 Å². The zero-order valence-electron chi connectivity index (χ0n) is 12.0. The minimum atomic E-state index is -0.256. The number of aromatic nitrogens is 1. The summed E-state index contributed by atoms with van der Waals surface area (Å²) >= 11 is 0. The number of pyridine rings is 1. The first-order valence-corrected chi connectivity index (χ1v) is 6.61. The van der Waals surface area contributed by atoms with Crippen molar-refractivity contribution in [3.05, 3.63) is 48.0 Å². The lowest BCUT2D eigenvalue weighted by atomic mass is 10.0. The number of benzene rings is 1. The van der Waals surface area contributed by atoms with Crippen molar-refractivity contribution in [1.82, 2.24) is 10.3 Å². The number of hydrogen-bond donors (Lipinski definition) is 1. The molecule has 0 unspecified atom stereocenters. The molecule has 1 aromatic carbocycles. The van der Waals surface area contributed by atoms with Crippen molar-refractivity contribution in [2.75, 3.05) is 7.11 Å². The maximum Gasteiger partial charge on any atom is 0.137 e. The number of halogens is 1. The van der Waals surface area contributed by atoms with E-state index in [0.717, 1.165) is 5.56 Å². The molecule has 0 bridgehead atoms. The Morgan fingerprint density at radius 3 is 2.75 bits per heavy atom. The van der Waals surface area contributed by atoms with E-state index in [2.05, 4.69) is 24.1 Å². The van der Waals surface area contributed by atoms with Crippen LogP contribution in [0.4, 0.5) is 4.39 Å². The lowest BCUT2D eigenvalue weighted by Crippen LogP contribution is -2.21. The van der Waals surface area contributed by atoms with Gasteiger partial charge < -0.3 is 10.1 Å². The fourth-order valence-electron chi connectivity index (χ4n) is 1.90. The molecule has 2 rings (SSSR count). The molecule has 4 heteroatoms. The fraction of sp³-hybridized carbons (Fsp3) is 0.312. The molecular weight excluding hydrogens is 255 g/mol. The van der Waals surface area contributed by atoms with E-state index in [1.165, 1.54) is 6.07 Å². The third kappa shape index (κ3) is 3.54. The first-order valence-electron chi connectivity index (χ1n) is 6.61. The van der Waals surface area contributed by atoms with E-state index in [1.54, 1.807) is 31.6 Å². The van der Waals surface area contributed by atoms with Crippen molar-refractivity contribution in [3.8, 4) is 16.9 Å². The molecule has 20 heavy (non-hydrogen) atoms. The highest BCUT2D eigenvalue weighted by molar-refractivity contribution is 5.65. The van der Waals surface area contributed by atoms with Gasteiger partial charge in [-0.3, -0.25) is 4.98 Å². The van der Waals surface area contributed by atoms with Gasteiger partial charge in [0, 0.05) is 29.9 Å². The van der Waals surface area contributed by atoms with E-state index in [4.69, 9.17) is 4.74 Å². The Morgan fingerprint density at radius 1 is 1.25 bits per heavy atom. The molecule has 0 fully saturated rings. The average molecular weight is 274 g/mol. The first kappa shape index (κ1) is 14.5. The van der Waals surface area contributed by atoms with Crippen molar-refractivity contribution >= 4 is 0 Å². The van der Waals surface area contributed by atoms with Gasteiger partial charge in [0.15, 0.2) is 0 Å². The monoisotopic (exact) mass is 274 g/mol. The Hall–Kier alpha value is -1.94. The lowest BCUT2D eigenvalue weighted by molar-refractivity contribution is 0.413. The Bertz CT molecular complexity index is 584. The molecule has 0 aliphatic carbocycles. The van der Waals surface area contributed by atoms with Crippen LogP contribution in [0, 0.1) is 5.82 Å². The highest BCUT2D eigenvalue weighted by atomic mass is 19.1. The fourth-order valence-corrected chi connectivity index (χ4v) is 1.90. The van der Waals surface area contributed by atoms with Crippen LogP contribution in [-0.4, -0.2) is 18.1 Å². The van der Waals surface area contributed by atoms with Gasteiger partial charge in [-0.15, -0.1) is 0 Å². The Morgan fingerprint density at radius 2 is 2.05 bits per heavy atom. The number of nitrogens with one attached hydrogen (secondary N) is 1. The van der Waals surface area contributed by atoms with Crippen LogP contribution in [0.5, 0.6) is 5.75 Å². The second-order valence-corrected chi connectivity index (χ2v) is 4.96. The molecule has 1 heterocycles. The summed E-state index contributed by atoms with van der Waals surface area (Å²) < 4.78 is 19.1. The molecule has 1 N–H and O–H groups in total. The molecule has 0 atom stereocenters. The van der Waals surface area contributed by atoms with E-state index in [-0.39, 0.29) is 5.82 Å². The molecule has 0 spiro atoms. The van der Waals surface area contributed by atoms with E-state index in [0.29, 0.717) is 29.5 Å². The molecule has 3 nitrogen and oxygen atoms in total. The molecule has 0 saturated heterocycles. The molecular formula is C16H19FN2O. The van der Waals surface area contributed by atoms with Crippen molar-refractivity contribution in [2.45, 2.75) is 26.4 Å². The van der Waals surface area contributed by atoms with Gasteiger partial charge in [0.05, 0.1) is 13.3 Å². The summed E-state index contributed by atoms with van der Waals surface area (Å²) in [5.74, 6) is 0.362. The minimum absolute atomic E-state index is 0.256. The lowest BCUT2D eigenvalue weighted by Gasteiger charge is -2.11. The van der Waals surface area contributed by atoms with Crippen molar-refractivity contribution in [1.29, 1.82) is 0 Å². The summed E-state index contributed by atoms with van der Waals surface area (Å²) in [6.07, 6.45) is 3.24. The number of hydrogen-bond acceptors (Lipinski definition) is 3. The third-order valence-electron chi connectivity index (χ3n) is 3.01. The zero-order valence-corrected chi connectivity index (χ0v) is 12.0. The summed E-state index contributed by atoms with van der Waals surface area (Å²) in [6.45, 7) is 4.87. The van der Waals surface area contributed by atoms with Crippen LogP contribution in [0.3, 0.4) is 0 Å². The molecule has 0 aliphatic rings. The maximum absolute atomic E-state index is 14.0. The van der Waals surface area contributed by atoms with Crippen LogP contribution in [0.25, 0.3) is 11.1 Å². The zero-order chi connectivity index (χ0) is 14.5. The van der Waals surface area contributed by atoms with Gasteiger partial charge in [0.2, 0.25) is 0 Å². The van der Waals surface area contributed by atoms with Crippen LogP contribution in [0.2, 0.25) is 0 Å². The molecule has 0 amide bonds. The maximum atomic E-state index is 14.0. The summed E-state index contributed by atoms with van der Waals surface area (Å²) in [6, 6.07) is 7.31. The molecule has 1 aromatic heterocycles. The Kier molecular flexibility index (Phi) is 4.69. The van der Waals surface area contributed by atoms with Gasteiger partial charge in [-0.05, 0) is 23.8 Å². The molecule has 2 aromatic rings. The summed E-state index contributed by atoms with van der Waals surface area (Å²) in [4.78, 5) is 4.07. The minimum Gasteiger partial charge on any atom is -0.495 e. The van der Waals surface area contributed by atoms with Gasteiger partial charge >= 0.3 is 0 Å². The predicted octanol–water partition coefficient (Wildman–Crippen LogP) is 3.39. The average Bonchev–Trinajstić information content (AvgIpc) is 2.46. The topological polar surface area (TPSA) is 34.1 Å². The number of ether oxygens (including phenoxy) is 1. The number of methoxy groups -OCH3 is 1. The predicted molar refractivity (Wildman–Crippen MR) is 78.2 cm³/mol. The van der Waals surface area contributed by atoms with Crippen LogP contribution < -0.4 is 10.1 Å². The van der Waals surface area contributed by atoms with Crippen LogP contribution >= 0.6 is 0 Å². The van der Waals surface area contributed by atoms with E-state index < -0.39 is 0 Å². The van der Waals surface area contributed by atoms with Crippen LogP contribution in [0.15, 0.2) is 36.7 Å². The van der Waals surface area contributed by atoms with Crippen molar-refractivity contribution in [2.24, 2.45) is 0 Å². The smallest absolute Gasteiger partial charge is 0.137 e. The quantitative estimate of drug-likeness (QED) is 0.907. The second-order valence-electron chi connectivity index (χ2n) is 4.96. The van der Waals surface area contributed by atoms with Crippen LogP contribution in [0.1, 0.15) is 19.4 Å². The van der Waals surface area contributed by atoms with Gasteiger partial charge in [-0.25, -0.2) is 4.39 Å². The first-order chi connectivity index (χ1) is 9.60. The van der Waals surface area contributed by atoms with Crippen molar-refractivity contribution < 1.29 is 9.13 Å². The Balaban J connectivity index is 2.32. The summed E-state index contributed by atoms with van der Waals surface area (Å²) in [5.41, 5.74) is 2.30. The highest BCUT2D eigenvalue weighted by Crippen LogP contribution is 2.26. The van der Waals surface area contributed by atoms with Crippen molar-refractivity contribution in [3.63, 3.8) is 0 Å². The van der Waals surface area contributed by atoms with Gasteiger partial charge in [-0.2, -0.15) is 0 Å². The number of rotatable bonds is 5. The van der Waals surface area contributed by atoms with Crippen LogP contribution in [-0.2, 0) is 6.54 Å². The standard InChI is InChI=1S/C16H19FN2O/c1-11(2)19-8-12-4-5-16(17)15(6-12)13-7-14(20-3)10-18-9-13/h4-7,9-11,19H,8H2,1-3H3. The highest BCUT2D eigenvalue weighted by Gasteiger charge is 2.08. The summed E-state index contributed by atoms with van der Waals surface area (Å²) in [5, 5.41) is 3.32. The van der Waals surface area contributed by atoms with E-state index >= 15 is 0 Å². The molecule has 0 aliphatic heterocycles. The third-order valence-corrected chi connectivity index (χ3v) is 3.01. The SMILES string of the molecule is COc1cncc(-c2cc(CNC(C)C)ccc2F)c1. The molecule has 106 valence electrons. The largest absolute Gasteiger partial charge is 0.495 e. The van der Waals surface area contributed by atoms with Gasteiger partial charge in [0.1, 0.15) is 11.6 Å². The van der Waals surface area contributed by atoms with E-state index in [1.807, 2.05) is 6.07 Å². The second kappa shape index (κ2) is 6.48.